The van der Waals surface area contributed by atoms with Crippen LogP contribution in [0.3, 0.4) is 0 Å². The van der Waals surface area contributed by atoms with Gasteiger partial charge in [0.2, 0.25) is 5.89 Å². The van der Waals surface area contributed by atoms with Gasteiger partial charge in [-0.3, -0.25) is 4.79 Å². The number of Topliss-reactive ketones (excluding diaryl/α,β-unsaturated/α-hetero) is 1. The number of halogens is 1. The Morgan fingerprint density at radius 2 is 2.08 bits per heavy atom. The molecule has 0 amide bonds. The van der Waals surface area contributed by atoms with Crippen LogP contribution in [0.2, 0.25) is 0 Å². The van der Waals surface area contributed by atoms with Gasteiger partial charge in [-0.05, 0) is 60.8 Å². The van der Waals surface area contributed by atoms with E-state index in [0.717, 1.165) is 27.0 Å². The van der Waals surface area contributed by atoms with Crippen LogP contribution < -0.4 is 0 Å². The molecule has 1 aliphatic carbocycles. The van der Waals surface area contributed by atoms with Crippen molar-refractivity contribution in [2.75, 3.05) is 5.75 Å². The number of aromatic nitrogens is 3. The van der Waals surface area contributed by atoms with Crippen molar-refractivity contribution in [2.45, 2.75) is 38.0 Å². The molecule has 1 aromatic carbocycles. The molecule has 4 rings (SSSR count). The van der Waals surface area contributed by atoms with Crippen LogP contribution in [-0.2, 0) is 0 Å². The normalized spacial score (nSPS) is 14.0. The summed E-state index contributed by atoms with van der Waals surface area (Å²) < 4.78 is 8.88. The van der Waals surface area contributed by atoms with Gasteiger partial charge in [-0.25, -0.2) is 0 Å². The second-order valence-corrected chi connectivity index (χ2v) is 8.23. The second kappa shape index (κ2) is 7.04. The zero-order valence-corrected chi connectivity index (χ0v) is 16.9. The number of hydrogen-bond donors (Lipinski definition) is 0. The number of nitrogens with zero attached hydrogens (tertiary/aromatic N) is 3. The zero-order valence-electron chi connectivity index (χ0n) is 14.5. The third-order valence-corrected chi connectivity index (χ3v) is 6.04. The first-order valence-corrected chi connectivity index (χ1v) is 10.3. The van der Waals surface area contributed by atoms with Crippen LogP contribution >= 0.6 is 27.7 Å². The summed E-state index contributed by atoms with van der Waals surface area (Å²) in [5.74, 6) is 0.821. The molecule has 1 aliphatic rings. The molecule has 3 aromatic rings. The summed E-state index contributed by atoms with van der Waals surface area (Å²) in [6.07, 6.45) is 2.41. The van der Waals surface area contributed by atoms with Gasteiger partial charge >= 0.3 is 0 Å². The Morgan fingerprint density at radius 1 is 1.31 bits per heavy atom. The summed E-state index contributed by atoms with van der Waals surface area (Å²) in [5, 5.41) is 8.54. The largest absolute Gasteiger partial charge is 0.411 e. The predicted molar refractivity (Wildman–Crippen MR) is 105 cm³/mol. The van der Waals surface area contributed by atoms with E-state index in [1.807, 2.05) is 37.3 Å². The van der Waals surface area contributed by atoms with Crippen molar-refractivity contribution in [3.8, 4) is 11.5 Å². The average molecular weight is 432 g/mol. The Bertz CT molecular complexity index is 975. The van der Waals surface area contributed by atoms with Crippen molar-refractivity contribution in [1.29, 1.82) is 0 Å². The molecule has 0 aliphatic heterocycles. The predicted octanol–water partition coefficient (Wildman–Crippen LogP) is 5.23. The molecule has 26 heavy (non-hydrogen) atoms. The lowest BCUT2D eigenvalue weighted by Gasteiger charge is -2.07. The Balaban J connectivity index is 1.46. The van der Waals surface area contributed by atoms with Gasteiger partial charge < -0.3 is 8.98 Å². The summed E-state index contributed by atoms with van der Waals surface area (Å²) in [5.41, 5.74) is 3.86. The number of ketones is 1. The minimum absolute atomic E-state index is 0.0932. The van der Waals surface area contributed by atoms with E-state index in [-0.39, 0.29) is 11.5 Å². The van der Waals surface area contributed by atoms with Gasteiger partial charge in [-0.15, -0.1) is 10.2 Å². The summed E-state index contributed by atoms with van der Waals surface area (Å²) in [4.78, 5) is 12.6. The van der Waals surface area contributed by atoms with E-state index in [2.05, 4.69) is 37.6 Å². The SMILES string of the molecule is Cc1cc(C(=O)CSc2nnc(-c3ccccc3Br)o2)c(C)n1C1CC1. The van der Waals surface area contributed by atoms with E-state index >= 15 is 0 Å². The highest BCUT2D eigenvalue weighted by molar-refractivity contribution is 9.10. The van der Waals surface area contributed by atoms with Gasteiger partial charge in [0.05, 0.1) is 11.3 Å². The van der Waals surface area contributed by atoms with Crippen molar-refractivity contribution in [3.05, 3.63) is 51.8 Å². The van der Waals surface area contributed by atoms with Gasteiger partial charge in [0.1, 0.15) is 0 Å². The number of benzene rings is 1. The van der Waals surface area contributed by atoms with E-state index in [9.17, 15) is 4.79 Å². The fraction of sp³-hybridized carbons (Fsp3) is 0.316. The molecule has 1 saturated carbocycles. The van der Waals surface area contributed by atoms with E-state index in [4.69, 9.17) is 4.42 Å². The highest BCUT2D eigenvalue weighted by Gasteiger charge is 2.28. The molecular formula is C19H18BrN3O2S. The molecule has 0 unspecified atom stereocenters. The molecule has 0 atom stereocenters. The van der Waals surface area contributed by atoms with E-state index in [0.29, 0.717) is 17.2 Å². The first kappa shape index (κ1) is 17.5. The van der Waals surface area contributed by atoms with Gasteiger partial charge in [-0.1, -0.05) is 23.9 Å². The molecule has 0 spiro atoms. The maximum atomic E-state index is 12.6. The van der Waals surface area contributed by atoms with Crippen molar-refractivity contribution in [1.82, 2.24) is 14.8 Å². The first-order valence-electron chi connectivity index (χ1n) is 8.47. The van der Waals surface area contributed by atoms with E-state index < -0.39 is 0 Å². The van der Waals surface area contributed by atoms with Gasteiger partial charge in [0, 0.05) is 27.5 Å². The minimum atomic E-state index is 0.0932. The Hall–Kier alpha value is -1.86. The van der Waals surface area contributed by atoms with Crippen LogP contribution in [0, 0.1) is 13.8 Å². The molecule has 7 heteroatoms. The molecule has 0 N–H and O–H groups in total. The van der Waals surface area contributed by atoms with Crippen molar-refractivity contribution in [3.63, 3.8) is 0 Å². The third kappa shape index (κ3) is 3.38. The van der Waals surface area contributed by atoms with Gasteiger partial charge in [0.15, 0.2) is 5.78 Å². The van der Waals surface area contributed by atoms with Gasteiger partial charge in [0.25, 0.3) is 5.22 Å². The molecule has 0 saturated heterocycles. The topological polar surface area (TPSA) is 60.9 Å². The summed E-state index contributed by atoms with van der Waals surface area (Å²) >= 11 is 4.76. The minimum Gasteiger partial charge on any atom is -0.411 e. The average Bonchev–Trinajstić information content (AvgIpc) is 3.26. The van der Waals surface area contributed by atoms with Crippen LogP contribution in [-0.4, -0.2) is 26.3 Å². The number of carbonyl (C=O) groups excluding carboxylic acids is 1. The van der Waals surface area contributed by atoms with Crippen LogP contribution in [0.1, 0.15) is 40.6 Å². The van der Waals surface area contributed by atoms with Gasteiger partial charge in [-0.2, -0.15) is 0 Å². The zero-order chi connectivity index (χ0) is 18.3. The molecular weight excluding hydrogens is 414 g/mol. The fourth-order valence-electron chi connectivity index (χ4n) is 3.17. The monoisotopic (exact) mass is 431 g/mol. The Labute approximate surface area is 164 Å². The number of thioether (sulfide) groups is 1. The molecule has 5 nitrogen and oxygen atoms in total. The summed E-state index contributed by atoms with van der Waals surface area (Å²) in [6, 6.07) is 10.2. The first-order chi connectivity index (χ1) is 12.5. The second-order valence-electron chi connectivity index (χ2n) is 6.45. The third-order valence-electron chi connectivity index (χ3n) is 4.53. The van der Waals surface area contributed by atoms with Crippen molar-refractivity contribution >= 4 is 33.5 Å². The highest BCUT2D eigenvalue weighted by atomic mass is 79.9. The van der Waals surface area contributed by atoms with Crippen LogP contribution in [0.25, 0.3) is 11.5 Å². The van der Waals surface area contributed by atoms with Crippen molar-refractivity contribution in [2.24, 2.45) is 0 Å². The van der Waals surface area contributed by atoms with Crippen molar-refractivity contribution < 1.29 is 9.21 Å². The molecule has 1 fully saturated rings. The maximum Gasteiger partial charge on any atom is 0.277 e. The standard InChI is InChI=1S/C19H18BrN3O2S/c1-11-9-15(12(2)23(11)13-7-8-13)17(24)10-26-19-22-21-18(25-19)14-5-3-4-6-16(14)20/h3-6,9,13H,7-8,10H2,1-2H3. The quantitative estimate of drug-likeness (QED) is 0.395. The molecule has 134 valence electrons. The molecule has 0 bridgehead atoms. The summed E-state index contributed by atoms with van der Waals surface area (Å²) in [7, 11) is 0. The lowest BCUT2D eigenvalue weighted by atomic mass is 10.2. The van der Waals surface area contributed by atoms with E-state index in [1.165, 1.54) is 24.6 Å². The lowest BCUT2D eigenvalue weighted by Crippen LogP contribution is -2.05. The fourth-order valence-corrected chi connectivity index (χ4v) is 4.27. The van der Waals surface area contributed by atoms with Crippen LogP contribution in [0.5, 0.6) is 0 Å². The number of carbonyl (C=O) groups is 1. The highest BCUT2D eigenvalue weighted by Crippen LogP contribution is 2.38. The number of rotatable bonds is 6. The smallest absolute Gasteiger partial charge is 0.277 e. The lowest BCUT2D eigenvalue weighted by molar-refractivity contribution is 0.102. The molecule has 2 heterocycles. The van der Waals surface area contributed by atoms with E-state index in [1.54, 1.807) is 0 Å². The summed E-state index contributed by atoms with van der Waals surface area (Å²) in [6.45, 7) is 4.10. The van der Waals surface area contributed by atoms with Crippen LogP contribution in [0.15, 0.2) is 44.4 Å². The molecule has 0 radical (unpaired) electrons. The van der Waals surface area contributed by atoms with Crippen LogP contribution in [0.4, 0.5) is 0 Å². The Kier molecular flexibility index (Phi) is 4.75. The number of aryl methyl sites for hydroxylation is 1. The Morgan fingerprint density at radius 3 is 2.81 bits per heavy atom. The maximum absolute atomic E-state index is 12.6. The molecule has 2 aromatic heterocycles. The number of hydrogen-bond acceptors (Lipinski definition) is 5.